The molecule has 0 atom stereocenters. The summed E-state index contributed by atoms with van der Waals surface area (Å²) in [6, 6.07) is 3.66. The predicted molar refractivity (Wildman–Crippen MR) is 131 cm³/mol. The highest BCUT2D eigenvalue weighted by atomic mass is 127. The molecule has 0 bridgehead atoms. The van der Waals surface area contributed by atoms with Crippen molar-refractivity contribution in [2.45, 2.75) is 4.90 Å². The van der Waals surface area contributed by atoms with Crippen molar-refractivity contribution in [3.8, 4) is 16.5 Å². The quantitative estimate of drug-likeness (QED) is 0.244. The highest BCUT2D eigenvalue weighted by Crippen LogP contribution is 2.32. The lowest BCUT2D eigenvalue weighted by Crippen LogP contribution is -2.15. The SMILES string of the molecule is COc1ncc(-c2nn3c(I)cnc3s2)cc1NS(=O)(=O)c1ccc(F)cc1F.O=S(=O)(Cl)Cl. The van der Waals surface area contributed by atoms with Crippen LogP contribution in [0.15, 0.2) is 41.6 Å². The number of hydrogen-bond acceptors (Lipinski definition) is 9. The van der Waals surface area contributed by atoms with E-state index in [1.165, 1.54) is 30.7 Å². The van der Waals surface area contributed by atoms with Gasteiger partial charge in [0.2, 0.25) is 10.8 Å². The van der Waals surface area contributed by atoms with Gasteiger partial charge in [-0.2, -0.15) is 18.0 Å². The number of ether oxygens (including phenoxy) is 1. The van der Waals surface area contributed by atoms with Crippen LogP contribution in [0.25, 0.3) is 15.5 Å². The number of hydrogen-bond donors (Lipinski definition) is 1. The molecule has 0 fully saturated rings. The molecule has 0 unspecified atom stereocenters. The molecule has 182 valence electrons. The van der Waals surface area contributed by atoms with Crippen LogP contribution in [0.3, 0.4) is 0 Å². The van der Waals surface area contributed by atoms with Crippen LogP contribution in [0, 0.1) is 15.3 Å². The van der Waals surface area contributed by atoms with Crippen LogP contribution in [0.5, 0.6) is 5.88 Å². The summed E-state index contributed by atoms with van der Waals surface area (Å²) in [5, 5.41) is 4.97. The fourth-order valence-corrected chi connectivity index (χ4v) is 5.09. The van der Waals surface area contributed by atoms with Crippen LogP contribution >= 0.6 is 55.3 Å². The number of methoxy groups -OCH3 is 1. The lowest BCUT2D eigenvalue weighted by Gasteiger charge is -2.12. The largest absolute Gasteiger partial charge is 0.480 e. The molecule has 0 aliphatic carbocycles. The summed E-state index contributed by atoms with van der Waals surface area (Å²) in [5.41, 5.74) is 0.491. The molecule has 0 amide bonds. The molecule has 0 aliphatic rings. The topological polar surface area (TPSA) is 133 Å². The second-order valence-corrected chi connectivity index (χ2v) is 13.4. The lowest BCUT2D eigenvalue weighted by atomic mass is 10.3. The fraction of sp³-hybridized carbons (Fsp3) is 0.0625. The summed E-state index contributed by atoms with van der Waals surface area (Å²) in [5.74, 6) is -2.11. The second kappa shape index (κ2) is 10.4. The zero-order chi connectivity index (χ0) is 25.3. The molecule has 10 nitrogen and oxygen atoms in total. The average Bonchev–Trinajstić information content (AvgIpc) is 3.28. The third-order valence-corrected chi connectivity index (χ3v) is 6.87. The smallest absolute Gasteiger partial charge is 0.317 e. The minimum absolute atomic E-state index is 0.0173. The van der Waals surface area contributed by atoms with Gasteiger partial charge in [0.25, 0.3) is 10.0 Å². The molecule has 18 heteroatoms. The first-order chi connectivity index (χ1) is 15.8. The number of pyridine rings is 1. The molecule has 3 aromatic heterocycles. The minimum Gasteiger partial charge on any atom is -0.480 e. The Balaban J connectivity index is 0.000000588. The number of anilines is 1. The van der Waals surface area contributed by atoms with Gasteiger partial charge in [-0.1, -0.05) is 11.3 Å². The van der Waals surface area contributed by atoms with Crippen molar-refractivity contribution < 1.29 is 30.4 Å². The van der Waals surface area contributed by atoms with E-state index in [0.717, 1.165) is 15.8 Å². The number of fused-ring (bicyclic) bond motifs is 1. The first kappa shape index (κ1) is 26.7. The molecule has 4 aromatic rings. The van der Waals surface area contributed by atoms with Crippen molar-refractivity contribution in [1.82, 2.24) is 19.6 Å². The van der Waals surface area contributed by atoms with E-state index in [1.54, 1.807) is 10.7 Å². The first-order valence-electron chi connectivity index (χ1n) is 8.45. The van der Waals surface area contributed by atoms with Crippen LogP contribution in [0.2, 0.25) is 0 Å². The average molecular weight is 684 g/mol. The summed E-state index contributed by atoms with van der Waals surface area (Å²) >= 11 is 3.38. The Kier molecular flexibility index (Phi) is 8.18. The van der Waals surface area contributed by atoms with Crippen LogP contribution < -0.4 is 9.46 Å². The number of rotatable bonds is 5. The van der Waals surface area contributed by atoms with E-state index in [-0.39, 0.29) is 11.6 Å². The van der Waals surface area contributed by atoms with Crippen LogP contribution in [0.4, 0.5) is 14.5 Å². The summed E-state index contributed by atoms with van der Waals surface area (Å²) in [7, 11) is 1.77. The maximum atomic E-state index is 14.0. The van der Waals surface area contributed by atoms with Gasteiger partial charge in [0.15, 0.2) is 0 Å². The fourth-order valence-electron chi connectivity index (χ4n) is 2.48. The number of nitrogens with one attached hydrogen (secondary N) is 1. The first-order valence-corrected chi connectivity index (χ1v) is 15.0. The Morgan fingerprint density at radius 3 is 2.38 bits per heavy atom. The van der Waals surface area contributed by atoms with Gasteiger partial charge in [0.1, 0.15) is 30.9 Å². The number of benzene rings is 1. The monoisotopic (exact) mass is 683 g/mol. The van der Waals surface area contributed by atoms with Crippen LogP contribution in [-0.4, -0.2) is 43.5 Å². The molecular formula is C16H10Cl2F2IN5O5S3. The van der Waals surface area contributed by atoms with Gasteiger partial charge in [-0.3, -0.25) is 4.72 Å². The highest BCUT2D eigenvalue weighted by molar-refractivity contribution is 14.1. The number of aromatic nitrogens is 4. The third-order valence-electron chi connectivity index (χ3n) is 3.76. The molecule has 4 rings (SSSR count). The van der Waals surface area contributed by atoms with E-state index in [9.17, 15) is 17.2 Å². The van der Waals surface area contributed by atoms with Crippen molar-refractivity contribution >= 4 is 84.2 Å². The van der Waals surface area contributed by atoms with Gasteiger partial charge in [0, 0.05) is 39.2 Å². The van der Waals surface area contributed by atoms with Crippen LogP contribution in [-0.2, 0) is 18.3 Å². The summed E-state index contributed by atoms with van der Waals surface area (Å²) in [6.07, 6.45) is 3.15. The number of imidazole rings is 1. The van der Waals surface area contributed by atoms with Gasteiger partial charge in [-0.05, 0) is 40.8 Å². The molecule has 3 heterocycles. The number of nitrogens with zero attached hydrogens (tertiary/aromatic N) is 4. The van der Waals surface area contributed by atoms with Crippen molar-refractivity contribution in [2.75, 3.05) is 11.8 Å². The maximum absolute atomic E-state index is 14.0. The van der Waals surface area contributed by atoms with Crippen molar-refractivity contribution in [3.05, 3.63) is 52.0 Å². The summed E-state index contributed by atoms with van der Waals surface area (Å²) in [6.45, 7) is 0. The van der Waals surface area contributed by atoms with E-state index in [0.29, 0.717) is 21.6 Å². The molecule has 0 aliphatic heterocycles. The zero-order valence-electron chi connectivity index (χ0n) is 16.4. The number of halogens is 5. The summed E-state index contributed by atoms with van der Waals surface area (Å²) < 4.78 is 80.4. The summed E-state index contributed by atoms with van der Waals surface area (Å²) in [4.78, 5) is 8.28. The Labute approximate surface area is 218 Å². The van der Waals surface area contributed by atoms with Crippen LogP contribution in [0.1, 0.15) is 0 Å². The Hall–Kier alpha value is -1.86. The van der Waals surface area contributed by atoms with Crippen molar-refractivity contribution in [2.24, 2.45) is 0 Å². The molecule has 1 N–H and O–H groups in total. The Morgan fingerprint density at radius 2 is 1.79 bits per heavy atom. The Bertz CT molecular complexity index is 1570. The van der Waals surface area contributed by atoms with Gasteiger partial charge >= 0.3 is 8.26 Å². The van der Waals surface area contributed by atoms with Crippen molar-refractivity contribution in [3.63, 3.8) is 0 Å². The van der Waals surface area contributed by atoms with E-state index in [2.05, 4.69) is 63.7 Å². The highest BCUT2D eigenvalue weighted by Gasteiger charge is 2.23. The third kappa shape index (κ3) is 6.63. The minimum atomic E-state index is -4.36. The molecule has 1 aromatic carbocycles. The lowest BCUT2D eigenvalue weighted by molar-refractivity contribution is 0.400. The van der Waals surface area contributed by atoms with Crippen molar-refractivity contribution in [1.29, 1.82) is 0 Å². The molecule has 0 radical (unpaired) electrons. The predicted octanol–water partition coefficient (Wildman–Crippen LogP) is 4.25. The molecule has 0 spiro atoms. The van der Waals surface area contributed by atoms with Gasteiger partial charge in [0.05, 0.1) is 13.3 Å². The molecule has 34 heavy (non-hydrogen) atoms. The second-order valence-electron chi connectivity index (χ2n) is 6.02. The number of sulfonamides is 1. The van der Waals surface area contributed by atoms with E-state index >= 15 is 0 Å². The van der Waals surface area contributed by atoms with E-state index in [1.807, 2.05) is 0 Å². The standard InChI is InChI=1S/C16H10F2IN5O3S2.Cl2O2S/c1-27-14-11(23-29(25,26)12-3-2-9(17)5-10(12)18)4-8(6-20-14)15-22-24-13(19)7-21-16(24)28-15;1-5(2,3)4/h2-7,23H,1H3;. The van der Waals surface area contributed by atoms with Gasteiger partial charge in [-0.25, -0.2) is 27.2 Å². The molecular weight excluding hydrogens is 674 g/mol. The molecule has 0 saturated carbocycles. The molecule has 0 saturated heterocycles. The van der Waals surface area contributed by atoms with E-state index in [4.69, 9.17) is 13.2 Å². The Morgan fingerprint density at radius 1 is 1.12 bits per heavy atom. The van der Waals surface area contributed by atoms with E-state index < -0.39 is 34.8 Å². The van der Waals surface area contributed by atoms with Gasteiger partial charge < -0.3 is 4.74 Å². The zero-order valence-corrected chi connectivity index (χ0v) is 22.5. The maximum Gasteiger partial charge on any atom is 0.317 e. The normalized spacial score (nSPS) is 11.7. The van der Waals surface area contributed by atoms with Gasteiger partial charge in [-0.15, -0.1) is 0 Å².